The second kappa shape index (κ2) is 7.75. The van der Waals surface area contributed by atoms with Gasteiger partial charge in [0.25, 0.3) is 0 Å². The number of hydrogen-bond donors (Lipinski definition) is 4. The minimum atomic E-state index is -1.13. The maximum atomic E-state index is 12.3. The van der Waals surface area contributed by atoms with Crippen LogP contribution in [0.5, 0.6) is 0 Å². The molecular formula is C19H26N4O5. The number of hydrogen-bond acceptors (Lipinski definition) is 5. The summed E-state index contributed by atoms with van der Waals surface area (Å²) in [4.78, 5) is 39.0. The molecule has 0 aromatic heterocycles. The Bertz CT molecular complexity index is 759. The van der Waals surface area contributed by atoms with E-state index in [0.717, 1.165) is 0 Å². The number of carboxylic acid groups (broad SMARTS) is 1. The fourth-order valence-corrected chi connectivity index (χ4v) is 4.47. The molecule has 0 aromatic carbocycles. The van der Waals surface area contributed by atoms with Gasteiger partial charge in [-0.15, -0.1) is 6.58 Å². The van der Waals surface area contributed by atoms with E-state index in [4.69, 9.17) is 5.41 Å². The molecule has 0 radical (unpaired) electrons. The van der Waals surface area contributed by atoms with Gasteiger partial charge in [0, 0.05) is 25.6 Å². The quantitative estimate of drug-likeness (QED) is 0.208. The van der Waals surface area contributed by atoms with Crippen molar-refractivity contribution in [2.75, 3.05) is 19.6 Å². The van der Waals surface area contributed by atoms with Crippen molar-refractivity contribution in [2.24, 2.45) is 11.8 Å². The van der Waals surface area contributed by atoms with Crippen LogP contribution < -0.4 is 5.32 Å². The number of fused-ring (bicyclic) bond motifs is 1. The van der Waals surface area contributed by atoms with E-state index in [2.05, 4.69) is 11.9 Å². The van der Waals surface area contributed by atoms with E-state index >= 15 is 0 Å². The summed E-state index contributed by atoms with van der Waals surface area (Å²) < 4.78 is 0. The van der Waals surface area contributed by atoms with Crippen LogP contribution in [0.3, 0.4) is 0 Å². The predicted molar refractivity (Wildman–Crippen MR) is 100 cm³/mol. The van der Waals surface area contributed by atoms with Crippen LogP contribution in [0, 0.1) is 17.2 Å². The summed E-state index contributed by atoms with van der Waals surface area (Å²) >= 11 is 0. The zero-order chi connectivity index (χ0) is 20.6. The summed E-state index contributed by atoms with van der Waals surface area (Å²) in [5.74, 6) is -2.18. The van der Waals surface area contributed by atoms with Gasteiger partial charge in [0.15, 0.2) is 0 Å². The average Bonchev–Trinajstić information content (AvgIpc) is 3.22. The molecule has 0 aliphatic carbocycles. The van der Waals surface area contributed by atoms with Crippen molar-refractivity contribution in [1.82, 2.24) is 15.1 Å². The van der Waals surface area contributed by atoms with Crippen LogP contribution in [0.15, 0.2) is 23.9 Å². The van der Waals surface area contributed by atoms with Crippen molar-refractivity contribution in [1.29, 1.82) is 5.41 Å². The Morgan fingerprint density at radius 2 is 2.18 bits per heavy atom. The smallest absolute Gasteiger partial charge is 0.352 e. The molecule has 3 aliphatic rings. The lowest BCUT2D eigenvalue weighted by Gasteiger charge is -2.44. The first kappa shape index (κ1) is 20.1. The minimum absolute atomic E-state index is 0.0361. The molecule has 2 fully saturated rings. The van der Waals surface area contributed by atoms with Gasteiger partial charge in [-0.05, 0) is 25.3 Å². The van der Waals surface area contributed by atoms with E-state index in [9.17, 15) is 24.6 Å². The number of rotatable bonds is 7. The fourth-order valence-electron chi connectivity index (χ4n) is 4.47. The average molecular weight is 390 g/mol. The van der Waals surface area contributed by atoms with Gasteiger partial charge in [-0.2, -0.15) is 0 Å². The number of aliphatic hydroxyl groups is 1. The highest BCUT2D eigenvalue weighted by Gasteiger charge is 2.57. The van der Waals surface area contributed by atoms with E-state index in [0.29, 0.717) is 38.0 Å². The van der Waals surface area contributed by atoms with Gasteiger partial charge in [-0.25, -0.2) is 4.79 Å². The Balaban J connectivity index is 1.68. The molecule has 3 rings (SSSR count). The van der Waals surface area contributed by atoms with Gasteiger partial charge in [-0.3, -0.25) is 15.0 Å². The number of β-lactam (4-membered cyclic amide) rings is 1. The van der Waals surface area contributed by atoms with Crippen LogP contribution in [0.2, 0.25) is 0 Å². The third-order valence-corrected chi connectivity index (χ3v) is 5.80. The number of likely N-dealkylation sites (tertiary alicyclic amines) is 1. The van der Waals surface area contributed by atoms with Crippen LogP contribution in [0.4, 0.5) is 0 Å². The third-order valence-electron chi connectivity index (χ3n) is 5.80. The first-order chi connectivity index (χ1) is 13.3. The zero-order valence-corrected chi connectivity index (χ0v) is 15.9. The van der Waals surface area contributed by atoms with E-state index < -0.39 is 18.0 Å². The molecule has 9 heteroatoms. The molecule has 4 atom stereocenters. The Morgan fingerprint density at radius 1 is 1.46 bits per heavy atom. The van der Waals surface area contributed by atoms with Crippen molar-refractivity contribution in [3.63, 3.8) is 0 Å². The van der Waals surface area contributed by atoms with Crippen molar-refractivity contribution in [2.45, 2.75) is 38.3 Å². The summed E-state index contributed by atoms with van der Waals surface area (Å²) in [5.41, 5.74) is 0.745. The van der Waals surface area contributed by atoms with Crippen LogP contribution >= 0.6 is 0 Å². The normalized spacial score (nSPS) is 27.4. The molecule has 3 aliphatic heterocycles. The molecule has 0 saturated carbocycles. The number of amides is 2. The van der Waals surface area contributed by atoms with Crippen LogP contribution in [0.25, 0.3) is 0 Å². The highest BCUT2D eigenvalue weighted by atomic mass is 16.4. The zero-order valence-electron chi connectivity index (χ0n) is 15.9. The Labute approximate surface area is 163 Å². The lowest BCUT2D eigenvalue weighted by Crippen LogP contribution is -2.61. The summed E-state index contributed by atoms with van der Waals surface area (Å²) in [6, 6.07) is -0.299. The number of carbonyl (C=O) groups is 3. The maximum absolute atomic E-state index is 12.3. The maximum Gasteiger partial charge on any atom is 0.352 e. The number of amidine groups is 1. The number of carboxylic acids is 1. The van der Waals surface area contributed by atoms with Crippen molar-refractivity contribution < 1.29 is 24.6 Å². The summed E-state index contributed by atoms with van der Waals surface area (Å²) in [6.07, 6.45) is 1.82. The number of nitrogens with one attached hydrogen (secondary N) is 2. The number of aliphatic hydroxyl groups excluding tert-OH is 1. The van der Waals surface area contributed by atoms with Gasteiger partial charge in [0.2, 0.25) is 11.8 Å². The molecule has 152 valence electrons. The molecule has 0 spiro atoms. The van der Waals surface area contributed by atoms with Crippen LogP contribution in [-0.2, 0) is 14.4 Å². The van der Waals surface area contributed by atoms with E-state index in [1.165, 1.54) is 4.90 Å². The topological polar surface area (TPSA) is 134 Å². The van der Waals surface area contributed by atoms with Gasteiger partial charge >= 0.3 is 5.97 Å². The fraction of sp³-hybridized carbons (Fsp3) is 0.579. The molecule has 4 N–H and O–H groups in total. The molecule has 2 saturated heterocycles. The molecule has 9 nitrogen and oxygen atoms in total. The lowest BCUT2D eigenvalue weighted by molar-refractivity contribution is -0.161. The van der Waals surface area contributed by atoms with Crippen molar-refractivity contribution in [3.8, 4) is 0 Å². The van der Waals surface area contributed by atoms with Crippen LogP contribution in [0.1, 0.15) is 26.2 Å². The second-order valence-electron chi connectivity index (χ2n) is 7.57. The summed E-state index contributed by atoms with van der Waals surface area (Å²) in [7, 11) is 0. The number of carbonyl (C=O) groups excluding carboxylic acids is 2. The Morgan fingerprint density at radius 3 is 2.79 bits per heavy atom. The van der Waals surface area contributed by atoms with Gasteiger partial charge in [0.1, 0.15) is 11.5 Å². The van der Waals surface area contributed by atoms with Crippen LogP contribution in [-0.4, -0.2) is 75.4 Å². The standard InChI is InChI=1S/C19H26N4O5/c1-3-5-21-15(25)8-14(20)22-6-4-11(9-22)12-7-13-16(10(2)24)18(26)23(13)17(12)19(27)28/h3,10-11,13,16,20,24H,1,4-9H2,2H3,(H,21,25)(H,27,28)/t10-,11-,13-,16-/m1/s1. The third kappa shape index (κ3) is 3.42. The number of aliphatic carboxylic acids is 1. The Hall–Kier alpha value is -2.68. The molecule has 3 heterocycles. The Kier molecular flexibility index (Phi) is 5.55. The monoisotopic (exact) mass is 390 g/mol. The second-order valence-corrected chi connectivity index (χ2v) is 7.57. The summed E-state index contributed by atoms with van der Waals surface area (Å²) in [6.45, 7) is 6.44. The van der Waals surface area contributed by atoms with E-state index in [1.54, 1.807) is 17.9 Å². The van der Waals surface area contributed by atoms with Gasteiger partial charge in [-0.1, -0.05) is 6.08 Å². The molecule has 28 heavy (non-hydrogen) atoms. The largest absolute Gasteiger partial charge is 0.477 e. The van der Waals surface area contributed by atoms with Gasteiger partial charge < -0.3 is 25.3 Å². The first-order valence-electron chi connectivity index (χ1n) is 9.43. The van der Waals surface area contributed by atoms with E-state index in [-0.39, 0.29) is 41.7 Å². The molecule has 0 bridgehead atoms. The lowest BCUT2D eigenvalue weighted by atomic mass is 9.82. The minimum Gasteiger partial charge on any atom is -0.477 e. The van der Waals surface area contributed by atoms with Gasteiger partial charge in [0.05, 0.1) is 24.5 Å². The number of nitrogens with zero attached hydrogens (tertiary/aromatic N) is 2. The molecular weight excluding hydrogens is 364 g/mol. The molecule has 0 unspecified atom stereocenters. The molecule has 2 amide bonds. The van der Waals surface area contributed by atoms with Crippen molar-refractivity contribution in [3.05, 3.63) is 23.9 Å². The SMILES string of the molecule is C=CCNC(=O)CC(=N)N1CC[C@@H](C2=C(C(=O)O)N3C(=O)[C@H]([C@@H](C)O)[C@H]3C2)C1. The highest BCUT2D eigenvalue weighted by Crippen LogP contribution is 2.47. The first-order valence-corrected chi connectivity index (χ1v) is 9.43. The highest BCUT2D eigenvalue weighted by molar-refractivity contribution is 6.00. The summed E-state index contributed by atoms with van der Waals surface area (Å²) in [5, 5.41) is 30.3. The predicted octanol–water partition coefficient (Wildman–Crippen LogP) is -0.0719. The van der Waals surface area contributed by atoms with Crippen molar-refractivity contribution >= 4 is 23.6 Å². The van der Waals surface area contributed by atoms with E-state index in [1.807, 2.05) is 0 Å². The molecule has 0 aromatic rings.